The van der Waals surface area contributed by atoms with Crippen LogP contribution in [0.4, 0.5) is 5.69 Å². The molecule has 0 aliphatic heterocycles. The third-order valence-electron chi connectivity index (χ3n) is 4.41. The van der Waals surface area contributed by atoms with Gasteiger partial charge in [0.05, 0.1) is 32.1 Å². The molecule has 0 aliphatic carbocycles. The van der Waals surface area contributed by atoms with Crippen LogP contribution in [-0.2, 0) is 27.7 Å². The molecule has 0 saturated heterocycles. The molecule has 0 aromatic heterocycles. The normalized spacial score (nSPS) is 11.1. The van der Waals surface area contributed by atoms with Crippen LogP contribution < -0.4 is 4.74 Å². The van der Waals surface area contributed by atoms with E-state index in [-0.39, 0.29) is 0 Å². The fraction of sp³-hybridized carbons (Fsp3) is 0.458. The van der Waals surface area contributed by atoms with E-state index >= 15 is 0 Å². The molecule has 0 fully saturated rings. The van der Waals surface area contributed by atoms with Crippen molar-refractivity contribution >= 4 is 21.4 Å². The summed E-state index contributed by atoms with van der Waals surface area (Å²) in [4.78, 5) is 4.82. The maximum absolute atomic E-state index is 5.66. The van der Waals surface area contributed by atoms with E-state index in [9.17, 15) is 0 Å². The Morgan fingerprint density at radius 2 is 1.60 bits per heavy atom. The maximum atomic E-state index is 5.66. The van der Waals surface area contributed by atoms with Gasteiger partial charge in [-0.3, -0.25) is 0 Å². The van der Waals surface area contributed by atoms with Gasteiger partial charge < -0.3 is 19.2 Å². The predicted octanol–water partition coefficient (Wildman–Crippen LogP) is 6.21. The molecule has 0 heterocycles. The van der Waals surface area contributed by atoms with Gasteiger partial charge in [-0.1, -0.05) is 45.9 Å². The van der Waals surface area contributed by atoms with Gasteiger partial charge in [-0.05, 0) is 29.2 Å². The molecule has 2 aromatic carbocycles. The first-order valence-electron chi connectivity index (χ1n) is 10.0. The van der Waals surface area contributed by atoms with Crippen LogP contribution >= 0.6 is 9.53 Å². The summed E-state index contributed by atoms with van der Waals surface area (Å²) in [7, 11) is 6.15. The summed E-state index contributed by atoms with van der Waals surface area (Å²) in [5.74, 6) is 1.63. The molecule has 30 heavy (non-hydrogen) atoms. The Kier molecular flexibility index (Phi) is 13.9. The molecule has 0 unspecified atom stereocenters. The molecule has 168 valence electrons. The molecule has 0 amide bonds. The Bertz CT molecular complexity index is 722. The number of benzene rings is 2. The molecule has 0 N–H and O–H groups in total. The molecule has 0 aliphatic rings. The molecule has 2 rings (SSSR count). The Labute approximate surface area is 196 Å². The van der Waals surface area contributed by atoms with Crippen molar-refractivity contribution in [2.24, 2.45) is 4.99 Å². The van der Waals surface area contributed by atoms with Crippen LogP contribution in [0.15, 0.2) is 41.4 Å². The first-order chi connectivity index (χ1) is 14.5. The number of halogens is 1. The molecule has 4 nitrogen and oxygen atoms in total. The monoisotopic (exact) mass is 523 g/mol. The molecular weight excluding hydrogens is 492 g/mol. The van der Waals surface area contributed by atoms with Crippen molar-refractivity contribution in [3.63, 3.8) is 0 Å². The number of para-hydroxylation sites is 1. The van der Waals surface area contributed by atoms with E-state index in [1.54, 1.807) is 7.11 Å². The van der Waals surface area contributed by atoms with Crippen LogP contribution in [0.5, 0.6) is 5.75 Å². The van der Waals surface area contributed by atoms with Gasteiger partial charge in [0.25, 0.3) is 0 Å². The molecular formula is C24H32ClNO3Pd. The van der Waals surface area contributed by atoms with E-state index in [1.165, 1.54) is 11.1 Å². The summed E-state index contributed by atoms with van der Waals surface area (Å²) in [6.07, 6.45) is 1.88. The summed E-state index contributed by atoms with van der Waals surface area (Å²) >= 11 is 2.22. The van der Waals surface area contributed by atoms with Crippen molar-refractivity contribution < 1.29 is 32.4 Å². The number of hydrogen-bond donors (Lipinski definition) is 0. The Morgan fingerprint density at radius 1 is 0.967 bits per heavy atom. The first kappa shape index (κ1) is 26.8. The molecule has 0 spiro atoms. The van der Waals surface area contributed by atoms with E-state index in [1.807, 2.05) is 24.4 Å². The second kappa shape index (κ2) is 15.6. The van der Waals surface area contributed by atoms with E-state index < -0.39 is 0 Å². The van der Waals surface area contributed by atoms with Crippen LogP contribution in [0.1, 0.15) is 56.2 Å². The van der Waals surface area contributed by atoms with Gasteiger partial charge in [-0.2, -0.15) is 0 Å². The number of methoxy groups -OCH3 is 1. The molecule has 0 bridgehead atoms. The first-order valence-corrected chi connectivity index (χ1v) is 12.0. The van der Waals surface area contributed by atoms with E-state index in [0.717, 1.165) is 17.0 Å². The van der Waals surface area contributed by atoms with Crippen molar-refractivity contribution in [1.29, 1.82) is 0 Å². The number of hydrogen-bond acceptors (Lipinski definition) is 4. The standard InChI is InChI=1S/C24H32NO3.ClH.Pd/c1-18(2)22-7-6-8-23(19(3)4)24(22)25-17-20-9-11-21(12-10-20)28-16-15-27-14-13-26-5;;/h6-9,11-12,17-19H,13-16H2,1-5H3;1H;/q-1;;+2/p-1. The fourth-order valence-electron chi connectivity index (χ4n) is 2.85. The molecule has 0 saturated carbocycles. The van der Waals surface area contributed by atoms with E-state index in [0.29, 0.717) is 38.3 Å². The molecule has 0 radical (unpaired) electrons. The zero-order valence-corrected chi connectivity index (χ0v) is 20.7. The van der Waals surface area contributed by atoms with Gasteiger partial charge in [0.2, 0.25) is 0 Å². The Hall–Kier alpha value is -1.22. The van der Waals surface area contributed by atoms with Crippen molar-refractivity contribution in [2.75, 3.05) is 33.5 Å². The van der Waals surface area contributed by atoms with Crippen LogP contribution in [0, 0.1) is 6.07 Å². The summed E-state index contributed by atoms with van der Waals surface area (Å²) in [6, 6.07) is 15.4. The third kappa shape index (κ3) is 9.29. The summed E-state index contributed by atoms with van der Waals surface area (Å²) < 4.78 is 16.0. The average Bonchev–Trinajstić information content (AvgIpc) is 2.76. The van der Waals surface area contributed by atoms with Gasteiger partial charge in [-0.25, -0.2) is 0 Å². The Balaban J connectivity index is 0.00000218. The number of aliphatic imine (C=N–C) groups is 1. The minimum absolute atomic E-state index is 0.428. The van der Waals surface area contributed by atoms with Gasteiger partial charge in [0.1, 0.15) is 0 Å². The van der Waals surface area contributed by atoms with Gasteiger partial charge >= 0.3 is 27.7 Å². The van der Waals surface area contributed by atoms with Crippen LogP contribution in [0.3, 0.4) is 0 Å². The van der Waals surface area contributed by atoms with E-state index in [2.05, 4.69) is 79.7 Å². The van der Waals surface area contributed by atoms with Crippen molar-refractivity contribution in [3.8, 4) is 5.75 Å². The molecule has 0 atom stereocenters. The summed E-state index contributed by atoms with van der Waals surface area (Å²) in [5, 5.41) is 0. The molecule has 6 heteroatoms. The van der Waals surface area contributed by atoms with Gasteiger partial charge in [0, 0.05) is 12.9 Å². The topological polar surface area (TPSA) is 40.0 Å². The average molecular weight is 524 g/mol. The van der Waals surface area contributed by atoms with Crippen LogP contribution in [-0.4, -0.2) is 39.8 Å². The number of nitrogens with zero attached hydrogens (tertiary/aromatic N) is 1. The zero-order valence-electron chi connectivity index (χ0n) is 18.4. The summed E-state index contributed by atoms with van der Waals surface area (Å²) in [6.45, 7) is 11.0. The van der Waals surface area contributed by atoms with E-state index in [4.69, 9.17) is 19.2 Å². The van der Waals surface area contributed by atoms with Gasteiger partial charge in [-0.15, -0.1) is 29.8 Å². The second-order valence-electron chi connectivity index (χ2n) is 7.29. The predicted molar refractivity (Wildman–Crippen MR) is 121 cm³/mol. The number of rotatable bonds is 11. The second-order valence-corrected chi connectivity index (χ2v) is 7.29. The van der Waals surface area contributed by atoms with Crippen molar-refractivity contribution in [3.05, 3.63) is 59.2 Å². The fourth-order valence-corrected chi connectivity index (χ4v) is 2.85. The summed E-state index contributed by atoms with van der Waals surface area (Å²) in [5.41, 5.74) is 4.55. The quantitative estimate of drug-likeness (QED) is 0.152. The SMILES string of the molecule is COCCOCCOc1c[c-]c(C=Nc2c(C(C)C)cccc2C(C)C)cc1.[Cl][Pd+]. The zero-order chi connectivity index (χ0) is 22.4. The third-order valence-corrected chi connectivity index (χ3v) is 4.41. The van der Waals surface area contributed by atoms with Crippen molar-refractivity contribution in [1.82, 2.24) is 0 Å². The number of ether oxygens (including phenoxy) is 3. The van der Waals surface area contributed by atoms with Crippen LogP contribution in [0.2, 0.25) is 0 Å². The van der Waals surface area contributed by atoms with Crippen molar-refractivity contribution in [2.45, 2.75) is 39.5 Å². The Morgan fingerprint density at radius 3 is 2.13 bits per heavy atom. The molecule has 2 aromatic rings. The van der Waals surface area contributed by atoms with Crippen LogP contribution in [0.25, 0.3) is 0 Å². The van der Waals surface area contributed by atoms with Gasteiger partial charge in [0.15, 0.2) is 0 Å². The minimum atomic E-state index is 0.428.